The molecule has 0 amide bonds. The Morgan fingerprint density at radius 2 is 2.23 bits per heavy atom. The van der Waals surface area contributed by atoms with Gasteiger partial charge < -0.3 is 5.73 Å². The Kier molecular flexibility index (Phi) is 2.18. The van der Waals surface area contributed by atoms with E-state index in [0.29, 0.717) is 0 Å². The molecule has 68 valence electrons. The van der Waals surface area contributed by atoms with Gasteiger partial charge in [0.05, 0.1) is 15.4 Å². The Morgan fingerprint density at radius 3 is 2.92 bits per heavy atom. The first kappa shape index (κ1) is 8.85. The third-order valence-electron chi connectivity index (χ3n) is 2.17. The van der Waals surface area contributed by atoms with Crippen molar-refractivity contribution in [3.05, 3.63) is 28.1 Å². The third kappa shape index (κ3) is 1.30. The van der Waals surface area contributed by atoms with E-state index in [1.54, 1.807) is 11.3 Å². The van der Waals surface area contributed by atoms with Gasteiger partial charge in [-0.1, -0.05) is 30.7 Å². The van der Waals surface area contributed by atoms with Crippen LogP contribution in [0.5, 0.6) is 0 Å². The van der Waals surface area contributed by atoms with E-state index in [9.17, 15) is 0 Å². The molecule has 1 nitrogen and oxygen atoms in total. The van der Waals surface area contributed by atoms with Gasteiger partial charge in [-0.2, -0.15) is 0 Å². The van der Waals surface area contributed by atoms with Crippen LogP contribution in [0.1, 0.15) is 12.5 Å². The Bertz CT molecular complexity index is 447. The second kappa shape index (κ2) is 3.20. The van der Waals surface area contributed by atoms with Crippen molar-refractivity contribution in [1.82, 2.24) is 0 Å². The van der Waals surface area contributed by atoms with Crippen molar-refractivity contribution in [2.45, 2.75) is 13.3 Å². The molecular weight excluding hydrogens is 202 g/mol. The zero-order chi connectivity index (χ0) is 9.42. The summed E-state index contributed by atoms with van der Waals surface area (Å²) in [5.41, 5.74) is 7.80. The van der Waals surface area contributed by atoms with Crippen LogP contribution in [0.3, 0.4) is 0 Å². The number of anilines is 1. The molecule has 2 aromatic rings. The van der Waals surface area contributed by atoms with Crippen LogP contribution in [-0.4, -0.2) is 0 Å². The Morgan fingerprint density at radius 1 is 1.46 bits per heavy atom. The minimum atomic E-state index is 0.824. The van der Waals surface area contributed by atoms with E-state index in [0.717, 1.165) is 27.2 Å². The van der Waals surface area contributed by atoms with Crippen LogP contribution in [0.15, 0.2) is 17.5 Å². The summed E-state index contributed by atoms with van der Waals surface area (Å²) in [5.74, 6) is 0. The summed E-state index contributed by atoms with van der Waals surface area (Å²) in [4.78, 5) is 0. The van der Waals surface area contributed by atoms with Gasteiger partial charge in [0, 0.05) is 10.8 Å². The molecule has 13 heavy (non-hydrogen) atoms. The van der Waals surface area contributed by atoms with Gasteiger partial charge in [-0.05, 0) is 12.0 Å². The molecule has 1 aromatic heterocycles. The molecule has 3 heteroatoms. The fourth-order valence-electron chi connectivity index (χ4n) is 1.40. The van der Waals surface area contributed by atoms with Crippen molar-refractivity contribution in [2.75, 3.05) is 5.73 Å². The molecule has 0 saturated carbocycles. The lowest BCUT2D eigenvalue weighted by molar-refractivity contribution is 1.15. The van der Waals surface area contributed by atoms with Crippen molar-refractivity contribution in [1.29, 1.82) is 0 Å². The van der Waals surface area contributed by atoms with Crippen molar-refractivity contribution in [3.63, 3.8) is 0 Å². The Balaban J connectivity index is 2.80. The van der Waals surface area contributed by atoms with Gasteiger partial charge in [0.2, 0.25) is 0 Å². The molecule has 0 bridgehead atoms. The topological polar surface area (TPSA) is 26.0 Å². The van der Waals surface area contributed by atoms with Gasteiger partial charge >= 0.3 is 0 Å². The maximum Gasteiger partial charge on any atom is 0.0616 e. The molecule has 1 heterocycles. The number of fused-ring (bicyclic) bond motifs is 1. The highest BCUT2D eigenvalue weighted by molar-refractivity contribution is 7.18. The third-order valence-corrected chi connectivity index (χ3v) is 3.75. The van der Waals surface area contributed by atoms with Crippen LogP contribution in [0.25, 0.3) is 10.1 Å². The second-order valence-electron chi connectivity index (χ2n) is 2.96. The largest absolute Gasteiger partial charge is 0.398 e. The molecule has 0 spiro atoms. The van der Waals surface area contributed by atoms with Crippen LogP contribution in [0, 0.1) is 0 Å². The second-order valence-corrected chi connectivity index (χ2v) is 4.22. The number of hydrogen-bond acceptors (Lipinski definition) is 2. The average molecular weight is 212 g/mol. The highest BCUT2D eigenvalue weighted by atomic mass is 35.5. The van der Waals surface area contributed by atoms with Crippen LogP contribution < -0.4 is 5.73 Å². The Hall–Kier alpha value is -0.730. The van der Waals surface area contributed by atoms with E-state index in [1.165, 1.54) is 5.56 Å². The minimum Gasteiger partial charge on any atom is -0.398 e. The molecule has 2 rings (SSSR count). The zero-order valence-corrected chi connectivity index (χ0v) is 8.88. The van der Waals surface area contributed by atoms with Crippen molar-refractivity contribution >= 4 is 38.7 Å². The first-order chi connectivity index (χ1) is 6.24. The van der Waals surface area contributed by atoms with Gasteiger partial charge in [0.25, 0.3) is 0 Å². The molecule has 0 fully saturated rings. The molecule has 0 aliphatic rings. The zero-order valence-electron chi connectivity index (χ0n) is 7.30. The van der Waals surface area contributed by atoms with Gasteiger partial charge in [0.1, 0.15) is 0 Å². The van der Waals surface area contributed by atoms with Gasteiger partial charge in [-0.15, -0.1) is 11.3 Å². The number of benzene rings is 1. The van der Waals surface area contributed by atoms with E-state index in [1.807, 2.05) is 17.5 Å². The van der Waals surface area contributed by atoms with E-state index in [4.69, 9.17) is 17.3 Å². The lowest BCUT2D eigenvalue weighted by Crippen LogP contribution is -1.84. The van der Waals surface area contributed by atoms with Crippen molar-refractivity contribution < 1.29 is 0 Å². The maximum absolute atomic E-state index is 6.21. The number of aryl methyl sites for hydroxylation is 1. The summed E-state index contributed by atoms with van der Waals surface area (Å²) < 4.78 is 1.11. The van der Waals surface area contributed by atoms with E-state index in [2.05, 4.69) is 6.92 Å². The molecule has 1 aromatic carbocycles. The molecule has 0 aliphatic carbocycles. The quantitative estimate of drug-likeness (QED) is 0.765. The number of nitrogen functional groups attached to an aromatic ring is 1. The maximum atomic E-state index is 6.21. The van der Waals surface area contributed by atoms with Crippen LogP contribution in [0.4, 0.5) is 5.69 Å². The SMILES string of the molecule is CCc1ccc2c(N)csc2c1Cl. The summed E-state index contributed by atoms with van der Waals surface area (Å²) >= 11 is 7.82. The van der Waals surface area contributed by atoms with E-state index in [-0.39, 0.29) is 0 Å². The lowest BCUT2D eigenvalue weighted by atomic mass is 10.1. The molecular formula is C10H10ClNS. The smallest absolute Gasteiger partial charge is 0.0616 e. The first-order valence-electron chi connectivity index (χ1n) is 4.18. The standard InChI is InChI=1S/C10H10ClNS/c1-2-6-3-4-7-8(12)5-13-10(7)9(6)11/h3-5H,2,12H2,1H3. The van der Waals surface area contributed by atoms with E-state index >= 15 is 0 Å². The normalized spacial score (nSPS) is 10.9. The number of halogens is 1. The number of thiophene rings is 1. The van der Waals surface area contributed by atoms with Gasteiger partial charge in [0.15, 0.2) is 0 Å². The number of rotatable bonds is 1. The van der Waals surface area contributed by atoms with Crippen molar-refractivity contribution in [2.24, 2.45) is 0 Å². The summed E-state index contributed by atoms with van der Waals surface area (Å²) in [6.45, 7) is 2.10. The average Bonchev–Trinajstić information content (AvgIpc) is 2.50. The summed E-state index contributed by atoms with van der Waals surface area (Å²) in [6.07, 6.45) is 0.965. The van der Waals surface area contributed by atoms with Crippen LogP contribution in [0.2, 0.25) is 5.02 Å². The van der Waals surface area contributed by atoms with Crippen LogP contribution >= 0.6 is 22.9 Å². The summed E-state index contributed by atoms with van der Waals surface area (Å²) in [5, 5.41) is 3.88. The predicted molar refractivity (Wildman–Crippen MR) is 60.6 cm³/mol. The number of hydrogen-bond donors (Lipinski definition) is 1. The Labute approximate surface area is 86.1 Å². The molecule has 0 aliphatic heterocycles. The lowest BCUT2D eigenvalue weighted by Gasteiger charge is -2.01. The predicted octanol–water partition coefficient (Wildman–Crippen LogP) is 3.70. The molecule has 0 unspecified atom stereocenters. The van der Waals surface area contributed by atoms with Crippen LogP contribution in [-0.2, 0) is 6.42 Å². The van der Waals surface area contributed by atoms with E-state index < -0.39 is 0 Å². The van der Waals surface area contributed by atoms with Crippen molar-refractivity contribution in [3.8, 4) is 0 Å². The minimum absolute atomic E-state index is 0.824. The fourth-order valence-corrected chi connectivity index (χ4v) is 2.75. The highest BCUT2D eigenvalue weighted by Crippen LogP contribution is 2.35. The molecule has 2 N–H and O–H groups in total. The van der Waals surface area contributed by atoms with Gasteiger partial charge in [-0.3, -0.25) is 0 Å². The fraction of sp³-hybridized carbons (Fsp3) is 0.200. The molecule has 0 radical (unpaired) electrons. The molecule has 0 saturated heterocycles. The summed E-state index contributed by atoms with van der Waals surface area (Å²) in [6, 6.07) is 4.10. The monoisotopic (exact) mass is 211 g/mol. The van der Waals surface area contributed by atoms with Gasteiger partial charge in [-0.25, -0.2) is 0 Å². The summed E-state index contributed by atoms with van der Waals surface area (Å²) in [7, 11) is 0. The number of nitrogens with two attached hydrogens (primary N) is 1. The highest BCUT2D eigenvalue weighted by Gasteiger charge is 2.07. The first-order valence-corrected chi connectivity index (χ1v) is 5.44. The molecule has 0 atom stereocenters.